The molecular weight excluding hydrogens is 317 g/mol. The molecule has 2 atom stereocenters. The van der Waals surface area contributed by atoms with Crippen LogP contribution in [0.15, 0.2) is 18.2 Å². The average Bonchev–Trinajstić information content (AvgIpc) is 2.88. The predicted octanol–water partition coefficient (Wildman–Crippen LogP) is 3.75. The molecule has 3 nitrogen and oxygen atoms in total. The van der Waals surface area contributed by atoms with Crippen LogP contribution in [0.2, 0.25) is 0 Å². The van der Waals surface area contributed by atoms with E-state index in [1.165, 1.54) is 6.07 Å². The summed E-state index contributed by atoms with van der Waals surface area (Å²) in [4.78, 5) is 12.2. The Labute approximate surface area is 133 Å². The Morgan fingerprint density at radius 3 is 2.64 bits per heavy atom. The van der Waals surface area contributed by atoms with E-state index in [4.69, 9.17) is 5.73 Å². The maximum Gasteiger partial charge on any atom is 0.416 e. The first-order valence-corrected chi connectivity index (χ1v) is 7.01. The highest BCUT2D eigenvalue weighted by Crippen LogP contribution is 2.34. The van der Waals surface area contributed by atoms with Gasteiger partial charge in [-0.1, -0.05) is 12.5 Å². The van der Waals surface area contributed by atoms with E-state index in [0.29, 0.717) is 12.1 Å². The van der Waals surface area contributed by atoms with E-state index in [9.17, 15) is 18.0 Å². The third-order valence-electron chi connectivity index (χ3n) is 4.12. The zero-order valence-electron chi connectivity index (χ0n) is 12.2. The molecule has 1 saturated carbocycles. The van der Waals surface area contributed by atoms with Crippen molar-refractivity contribution in [3.63, 3.8) is 0 Å². The van der Waals surface area contributed by atoms with Gasteiger partial charge in [-0.25, -0.2) is 0 Å². The average molecular weight is 337 g/mol. The number of benzene rings is 1. The normalized spacial score (nSPS) is 21.3. The number of carbonyl (C=O) groups excluding carboxylic acids is 1. The highest BCUT2D eigenvalue weighted by molar-refractivity contribution is 5.93. The maximum atomic E-state index is 12.7. The number of amides is 1. The molecule has 2 rings (SSSR count). The summed E-state index contributed by atoms with van der Waals surface area (Å²) in [5.74, 6) is -0.314. The largest absolute Gasteiger partial charge is 0.416 e. The molecule has 0 bridgehead atoms. The van der Waals surface area contributed by atoms with Gasteiger partial charge in [-0.15, -0.1) is 12.4 Å². The van der Waals surface area contributed by atoms with Gasteiger partial charge in [0.05, 0.1) is 5.56 Å². The van der Waals surface area contributed by atoms with E-state index in [0.717, 1.165) is 31.4 Å². The minimum Gasteiger partial charge on any atom is -0.330 e. The lowest BCUT2D eigenvalue weighted by Gasteiger charge is -2.19. The lowest BCUT2D eigenvalue weighted by Crippen LogP contribution is -2.30. The molecule has 0 saturated heterocycles. The van der Waals surface area contributed by atoms with Gasteiger partial charge in [0.1, 0.15) is 0 Å². The smallest absolute Gasteiger partial charge is 0.330 e. The molecule has 0 radical (unpaired) electrons. The van der Waals surface area contributed by atoms with Crippen LogP contribution in [0.1, 0.15) is 30.4 Å². The molecule has 0 aromatic heterocycles. The fourth-order valence-electron chi connectivity index (χ4n) is 2.82. The van der Waals surface area contributed by atoms with Gasteiger partial charge in [0, 0.05) is 11.6 Å². The molecule has 1 aromatic rings. The molecule has 7 heteroatoms. The molecule has 124 valence electrons. The molecule has 0 heterocycles. The molecule has 0 aliphatic heterocycles. The number of halogens is 4. The molecule has 1 aliphatic carbocycles. The second kappa shape index (κ2) is 7.33. The monoisotopic (exact) mass is 336 g/mol. The van der Waals surface area contributed by atoms with E-state index < -0.39 is 11.7 Å². The number of hydrogen-bond acceptors (Lipinski definition) is 2. The number of aryl methyl sites for hydroxylation is 1. The number of hydrogen-bond donors (Lipinski definition) is 2. The van der Waals surface area contributed by atoms with E-state index in [1.807, 2.05) is 0 Å². The van der Waals surface area contributed by atoms with Gasteiger partial charge >= 0.3 is 6.18 Å². The third kappa shape index (κ3) is 4.14. The van der Waals surface area contributed by atoms with Crippen molar-refractivity contribution in [1.82, 2.24) is 0 Å². The van der Waals surface area contributed by atoms with Crippen LogP contribution in [0.5, 0.6) is 0 Å². The Kier molecular flexibility index (Phi) is 6.26. The SMILES string of the molecule is Cc1ccc(C(F)(F)F)cc1NC(=O)[C@@H]1CCC[C@@H]1CN.Cl. The van der Waals surface area contributed by atoms with Gasteiger partial charge in [-0.2, -0.15) is 13.2 Å². The van der Waals surface area contributed by atoms with E-state index >= 15 is 0 Å². The molecule has 0 spiro atoms. The minimum atomic E-state index is -4.42. The standard InChI is InChI=1S/C15H19F3N2O.ClH/c1-9-5-6-11(15(16,17)18)7-13(9)20-14(21)12-4-2-3-10(12)8-19;/h5-7,10,12H,2-4,8,19H2,1H3,(H,20,21);1H/t10-,12-;/m1./s1. The summed E-state index contributed by atoms with van der Waals surface area (Å²) in [5, 5.41) is 2.63. The summed E-state index contributed by atoms with van der Waals surface area (Å²) in [5.41, 5.74) is 5.71. The van der Waals surface area contributed by atoms with E-state index in [2.05, 4.69) is 5.32 Å². The van der Waals surface area contributed by atoms with Crippen molar-refractivity contribution in [3.8, 4) is 0 Å². The second-order valence-electron chi connectivity index (χ2n) is 5.55. The van der Waals surface area contributed by atoms with E-state index in [-0.39, 0.29) is 35.8 Å². The Morgan fingerprint density at radius 2 is 2.05 bits per heavy atom. The van der Waals surface area contributed by atoms with Crippen LogP contribution in [-0.2, 0) is 11.0 Å². The Balaban J connectivity index is 0.00000242. The van der Waals surface area contributed by atoms with Crippen LogP contribution in [-0.4, -0.2) is 12.5 Å². The summed E-state index contributed by atoms with van der Waals surface area (Å²) in [7, 11) is 0. The number of nitrogens with two attached hydrogens (primary N) is 1. The lowest BCUT2D eigenvalue weighted by atomic mass is 9.95. The van der Waals surface area contributed by atoms with Crippen molar-refractivity contribution in [2.75, 3.05) is 11.9 Å². The van der Waals surface area contributed by atoms with Gasteiger partial charge in [0.2, 0.25) is 5.91 Å². The van der Waals surface area contributed by atoms with Crippen LogP contribution >= 0.6 is 12.4 Å². The van der Waals surface area contributed by atoms with Gasteiger partial charge < -0.3 is 11.1 Å². The first-order chi connectivity index (χ1) is 9.82. The van der Waals surface area contributed by atoms with Crippen molar-refractivity contribution in [2.24, 2.45) is 17.6 Å². The second-order valence-corrected chi connectivity index (χ2v) is 5.55. The summed E-state index contributed by atoms with van der Waals surface area (Å²) in [6.45, 7) is 2.10. The molecule has 1 aromatic carbocycles. The topological polar surface area (TPSA) is 55.1 Å². The van der Waals surface area contributed by atoms with Crippen molar-refractivity contribution >= 4 is 24.0 Å². The van der Waals surface area contributed by atoms with Crippen LogP contribution in [0.25, 0.3) is 0 Å². The molecule has 22 heavy (non-hydrogen) atoms. The number of alkyl halides is 3. The van der Waals surface area contributed by atoms with Gasteiger partial charge in [0.15, 0.2) is 0 Å². The van der Waals surface area contributed by atoms with Crippen LogP contribution < -0.4 is 11.1 Å². The molecule has 0 unspecified atom stereocenters. The third-order valence-corrected chi connectivity index (χ3v) is 4.12. The summed E-state index contributed by atoms with van der Waals surface area (Å²) in [6.07, 6.45) is -1.84. The van der Waals surface area contributed by atoms with Gasteiger partial charge in [-0.3, -0.25) is 4.79 Å². The Bertz CT molecular complexity index is 534. The molecule has 3 N–H and O–H groups in total. The van der Waals surface area contributed by atoms with Crippen molar-refractivity contribution in [2.45, 2.75) is 32.4 Å². The number of nitrogens with one attached hydrogen (secondary N) is 1. The first kappa shape index (κ1) is 18.8. The van der Waals surface area contributed by atoms with Crippen molar-refractivity contribution in [1.29, 1.82) is 0 Å². The number of rotatable bonds is 3. The Hall–Kier alpha value is -1.27. The highest BCUT2D eigenvalue weighted by atomic mass is 35.5. The molecule has 1 fully saturated rings. The predicted molar refractivity (Wildman–Crippen MR) is 81.9 cm³/mol. The Morgan fingerprint density at radius 1 is 1.36 bits per heavy atom. The minimum absolute atomic E-state index is 0. The zero-order chi connectivity index (χ0) is 15.6. The summed E-state index contributed by atoms with van der Waals surface area (Å²) < 4.78 is 38.2. The molecule has 1 aliphatic rings. The first-order valence-electron chi connectivity index (χ1n) is 7.01. The maximum absolute atomic E-state index is 12.7. The lowest BCUT2D eigenvalue weighted by molar-refractivity contribution is -0.137. The zero-order valence-corrected chi connectivity index (χ0v) is 13.1. The van der Waals surface area contributed by atoms with E-state index in [1.54, 1.807) is 6.92 Å². The summed E-state index contributed by atoms with van der Waals surface area (Å²) in [6, 6.07) is 3.37. The highest BCUT2D eigenvalue weighted by Gasteiger charge is 2.33. The number of carbonyl (C=O) groups is 1. The number of anilines is 1. The van der Waals surface area contributed by atoms with Gasteiger partial charge in [0.25, 0.3) is 0 Å². The van der Waals surface area contributed by atoms with Crippen LogP contribution in [0.3, 0.4) is 0 Å². The van der Waals surface area contributed by atoms with Crippen LogP contribution in [0.4, 0.5) is 18.9 Å². The van der Waals surface area contributed by atoms with Crippen LogP contribution in [0, 0.1) is 18.8 Å². The molecular formula is C15H20ClF3N2O. The fourth-order valence-corrected chi connectivity index (χ4v) is 2.82. The van der Waals surface area contributed by atoms with Crippen molar-refractivity contribution < 1.29 is 18.0 Å². The molecule has 1 amide bonds. The van der Waals surface area contributed by atoms with Gasteiger partial charge in [-0.05, 0) is 49.9 Å². The summed E-state index contributed by atoms with van der Waals surface area (Å²) >= 11 is 0. The van der Waals surface area contributed by atoms with Crippen molar-refractivity contribution in [3.05, 3.63) is 29.3 Å². The fraction of sp³-hybridized carbons (Fsp3) is 0.533. The quantitative estimate of drug-likeness (QED) is 0.883.